The lowest BCUT2D eigenvalue weighted by atomic mass is 10.1. The highest BCUT2D eigenvalue weighted by molar-refractivity contribution is 6.35. The summed E-state index contributed by atoms with van der Waals surface area (Å²) in [6.45, 7) is 1.90. The maximum Gasteiger partial charge on any atom is 0.312 e. The van der Waals surface area contributed by atoms with Crippen LogP contribution in [-0.4, -0.2) is 48.9 Å². The molecule has 2 rings (SSSR count). The Kier molecular flexibility index (Phi) is 4.24. The summed E-state index contributed by atoms with van der Waals surface area (Å²) in [6.07, 6.45) is 0. The molecule has 2 N–H and O–H groups in total. The number of amides is 2. The maximum atomic E-state index is 11.9. The molecule has 108 valence electrons. The summed E-state index contributed by atoms with van der Waals surface area (Å²) in [4.78, 5) is 26.5. The molecule has 0 radical (unpaired) electrons. The van der Waals surface area contributed by atoms with Crippen LogP contribution in [0.4, 0.5) is 0 Å². The van der Waals surface area contributed by atoms with Gasteiger partial charge in [-0.15, -0.1) is 0 Å². The molecule has 6 heteroatoms. The van der Waals surface area contributed by atoms with Crippen LogP contribution < -0.4 is 10.5 Å². The summed E-state index contributed by atoms with van der Waals surface area (Å²) in [5.74, 6) is -0.208. The zero-order valence-electron chi connectivity index (χ0n) is 11.8. The van der Waals surface area contributed by atoms with Gasteiger partial charge in [0.15, 0.2) is 0 Å². The van der Waals surface area contributed by atoms with E-state index in [0.29, 0.717) is 31.9 Å². The predicted molar refractivity (Wildman–Crippen MR) is 73.9 cm³/mol. The van der Waals surface area contributed by atoms with Crippen molar-refractivity contribution in [3.63, 3.8) is 0 Å². The van der Waals surface area contributed by atoms with Crippen molar-refractivity contribution in [2.75, 3.05) is 27.2 Å². The number of benzene rings is 1. The molecule has 0 saturated carbocycles. The lowest BCUT2D eigenvalue weighted by Crippen LogP contribution is -2.52. The fourth-order valence-electron chi connectivity index (χ4n) is 2.20. The van der Waals surface area contributed by atoms with Gasteiger partial charge in [-0.1, -0.05) is 12.1 Å². The number of ether oxygens (including phenoxy) is 1. The minimum Gasteiger partial charge on any atom is -0.496 e. The molecule has 1 aromatic carbocycles. The first-order chi connectivity index (χ1) is 9.56. The van der Waals surface area contributed by atoms with E-state index in [-0.39, 0.29) is 0 Å². The van der Waals surface area contributed by atoms with Crippen LogP contribution in [0.3, 0.4) is 0 Å². The molecule has 0 aliphatic carbocycles. The molecule has 1 aliphatic heterocycles. The Bertz CT molecular complexity index is 530. The second kappa shape index (κ2) is 5.92. The number of likely N-dealkylation sites (N-methyl/N-ethyl adjacent to an activating group) is 1. The Balaban J connectivity index is 2.14. The molecular formula is C14H19N3O3. The summed E-state index contributed by atoms with van der Waals surface area (Å²) >= 11 is 0. The van der Waals surface area contributed by atoms with Crippen LogP contribution in [0, 0.1) is 0 Å². The molecule has 1 aromatic rings. The zero-order valence-corrected chi connectivity index (χ0v) is 11.8. The Morgan fingerprint density at radius 1 is 1.25 bits per heavy atom. The van der Waals surface area contributed by atoms with E-state index in [1.165, 1.54) is 4.90 Å². The Morgan fingerprint density at radius 2 is 2.00 bits per heavy atom. The van der Waals surface area contributed by atoms with Crippen LogP contribution in [0.25, 0.3) is 0 Å². The van der Waals surface area contributed by atoms with Gasteiger partial charge >= 0.3 is 11.8 Å². The van der Waals surface area contributed by atoms with Gasteiger partial charge in [0.1, 0.15) is 5.75 Å². The van der Waals surface area contributed by atoms with Crippen LogP contribution >= 0.6 is 0 Å². The van der Waals surface area contributed by atoms with Crippen molar-refractivity contribution < 1.29 is 14.3 Å². The van der Waals surface area contributed by atoms with Crippen LogP contribution in [0.15, 0.2) is 18.2 Å². The second-order valence-electron chi connectivity index (χ2n) is 4.80. The van der Waals surface area contributed by atoms with Crippen molar-refractivity contribution in [2.45, 2.75) is 13.1 Å². The van der Waals surface area contributed by atoms with Gasteiger partial charge in [0, 0.05) is 38.8 Å². The van der Waals surface area contributed by atoms with Crippen LogP contribution in [0.1, 0.15) is 11.1 Å². The predicted octanol–water partition coefficient (Wildman–Crippen LogP) is -0.0455. The number of nitrogens with two attached hydrogens (primary N) is 1. The van der Waals surface area contributed by atoms with E-state index in [4.69, 9.17) is 10.5 Å². The summed E-state index contributed by atoms with van der Waals surface area (Å²) in [5, 5.41) is 0. The highest BCUT2D eigenvalue weighted by atomic mass is 16.5. The van der Waals surface area contributed by atoms with Gasteiger partial charge in [-0.3, -0.25) is 9.59 Å². The third-order valence-electron chi connectivity index (χ3n) is 3.47. The van der Waals surface area contributed by atoms with Crippen molar-refractivity contribution in [3.8, 4) is 5.75 Å². The van der Waals surface area contributed by atoms with Crippen LogP contribution in [-0.2, 0) is 22.7 Å². The van der Waals surface area contributed by atoms with E-state index in [1.807, 2.05) is 18.2 Å². The first kappa shape index (κ1) is 14.3. The van der Waals surface area contributed by atoms with Gasteiger partial charge < -0.3 is 20.3 Å². The molecule has 1 saturated heterocycles. The van der Waals surface area contributed by atoms with E-state index in [1.54, 1.807) is 19.1 Å². The quantitative estimate of drug-likeness (QED) is 0.783. The second-order valence-corrected chi connectivity index (χ2v) is 4.80. The number of nitrogens with zero attached hydrogens (tertiary/aromatic N) is 2. The largest absolute Gasteiger partial charge is 0.496 e. The average molecular weight is 277 g/mol. The molecule has 2 amide bonds. The van der Waals surface area contributed by atoms with E-state index >= 15 is 0 Å². The fourth-order valence-corrected chi connectivity index (χ4v) is 2.20. The molecule has 0 atom stereocenters. The van der Waals surface area contributed by atoms with Crippen molar-refractivity contribution in [2.24, 2.45) is 5.73 Å². The molecule has 0 aromatic heterocycles. The van der Waals surface area contributed by atoms with Gasteiger partial charge in [0.25, 0.3) is 0 Å². The highest BCUT2D eigenvalue weighted by Gasteiger charge is 2.30. The number of carbonyl (C=O) groups excluding carboxylic acids is 2. The lowest BCUT2D eigenvalue weighted by Gasteiger charge is -2.31. The fraction of sp³-hybridized carbons (Fsp3) is 0.429. The van der Waals surface area contributed by atoms with E-state index in [0.717, 1.165) is 11.1 Å². The average Bonchev–Trinajstić information content (AvgIpc) is 2.47. The molecule has 0 unspecified atom stereocenters. The van der Waals surface area contributed by atoms with Crippen molar-refractivity contribution in [3.05, 3.63) is 29.3 Å². The topological polar surface area (TPSA) is 75.9 Å². The van der Waals surface area contributed by atoms with Crippen molar-refractivity contribution in [1.29, 1.82) is 0 Å². The third-order valence-corrected chi connectivity index (χ3v) is 3.47. The van der Waals surface area contributed by atoms with E-state index < -0.39 is 11.8 Å². The van der Waals surface area contributed by atoms with Gasteiger partial charge in [0.2, 0.25) is 0 Å². The van der Waals surface area contributed by atoms with Gasteiger partial charge in [-0.05, 0) is 11.6 Å². The van der Waals surface area contributed by atoms with E-state index in [9.17, 15) is 9.59 Å². The maximum absolute atomic E-state index is 11.9. The number of carbonyl (C=O) groups is 2. The molecule has 1 fully saturated rings. The first-order valence-corrected chi connectivity index (χ1v) is 6.47. The van der Waals surface area contributed by atoms with Crippen LogP contribution in [0.2, 0.25) is 0 Å². The number of rotatable bonds is 4. The number of hydrogen-bond acceptors (Lipinski definition) is 4. The molecule has 6 nitrogen and oxygen atoms in total. The number of methoxy groups -OCH3 is 1. The SMILES string of the molecule is COc1cc(CN2CCN(C)C(=O)C2=O)ccc1CN. The van der Waals surface area contributed by atoms with Gasteiger partial charge in [-0.25, -0.2) is 0 Å². The molecule has 0 spiro atoms. The smallest absolute Gasteiger partial charge is 0.312 e. The molecular weight excluding hydrogens is 258 g/mol. The summed E-state index contributed by atoms with van der Waals surface area (Å²) < 4.78 is 5.27. The summed E-state index contributed by atoms with van der Waals surface area (Å²) in [5.41, 5.74) is 7.46. The Labute approximate surface area is 118 Å². The van der Waals surface area contributed by atoms with Gasteiger partial charge in [-0.2, -0.15) is 0 Å². The monoisotopic (exact) mass is 277 g/mol. The van der Waals surface area contributed by atoms with Crippen molar-refractivity contribution >= 4 is 11.8 Å². The standard InChI is InChI=1S/C14H19N3O3/c1-16-5-6-17(14(19)13(16)18)9-10-3-4-11(8-15)12(7-10)20-2/h3-4,7H,5-6,8-9,15H2,1-2H3. The molecule has 1 aliphatic rings. The minimum absolute atomic E-state index is 0.398. The molecule has 1 heterocycles. The molecule has 0 bridgehead atoms. The normalized spacial score (nSPS) is 15.8. The van der Waals surface area contributed by atoms with E-state index in [2.05, 4.69) is 0 Å². The third kappa shape index (κ3) is 2.75. The zero-order chi connectivity index (χ0) is 14.7. The van der Waals surface area contributed by atoms with Gasteiger partial charge in [0.05, 0.1) is 7.11 Å². The summed E-state index contributed by atoms with van der Waals surface area (Å²) in [6, 6.07) is 5.65. The highest BCUT2D eigenvalue weighted by Crippen LogP contribution is 2.21. The van der Waals surface area contributed by atoms with Crippen molar-refractivity contribution in [1.82, 2.24) is 9.80 Å². The van der Waals surface area contributed by atoms with Crippen LogP contribution in [0.5, 0.6) is 5.75 Å². The Hall–Kier alpha value is -2.08. The first-order valence-electron chi connectivity index (χ1n) is 6.47. The molecule has 20 heavy (non-hydrogen) atoms. The minimum atomic E-state index is -0.458. The number of hydrogen-bond donors (Lipinski definition) is 1. The lowest BCUT2D eigenvalue weighted by molar-refractivity contribution is -0.155. The number of piperazine rings is 1. The Morgan fingerprint density at radius 3 is 2.65 bits per heavy atom. The summed E-state index contributed by atoms with van der Waals surface area (Å²) in [7, 11) is 3.22.